The Morgan fingerprint density at radius 1 is 1.75 bits per heavy atom. The Labute approximate surface area is 58.3 Å². The van der Waals surface area contributed by atoms with E-state index in [-0.39, 0.29) is 9.28 Å². The average Bonchev–Trinajstić information content (AvgIpc) is 1.81. The van der Waals surface area contributed by atoms with Crippen molar-refractivity contribution in [2.24, 2.45) is 0 Å². The Morgan fingerprint density at radius 2 is 2.50 bits per heavy atom. The summed E-state index contributed by atoms with van der Waals surface area (Å²) < 4.78 is 5.28. The molecule has 0 spiro atoms. The fourth-order valence-corrected chi connectivity index (χ4v) is 4.09. The molecular formula is C4H14OSi3. The molecule has 0 rings (SSSR count). The summed E-state index contributed by atoms with van der Waals surface area (Å²) in [5.74, 6) is 0. The highest BCUT2D eigenvalue weighted by molar-refractivity contribution is 7.22. The van der Waals surface area contributed by atoms with Gasteiger partial charge in [-0.2, -0.15) is 0 Å². The summed E-state index contributed by atoms with van der Waals surface area (Å²) in [6.07, 6.45) is 5.08. The molecule has 0 N–H and O–H groups in total. The molecule has 0 unspecified atom stereocenters. The number of hydrogen-bond acceptors (Lipinski definition) is 1. The molecule has 1 nitrogen and oxygen atoms in total. The van der Waals surface area contributed by atoms with Crippen molar-refractivity contribution >= 4 is 27.6 Å². The van der Waals surface area contributed by atoms with Gasteiger partial charge in [0.2, 0.25) is 0 Å². The maximum absolute atomic E-state index is 5.28. The van der Waals surface area contributed by atoms with Crippen LogP contribution in [0.4, 0.5) is 0 Å². The molecular weight excluding hydrogens is 148 g/mol. The molecule has 0 radical (unpaired) electrons. The number of allylic oxidation sites excluding steroid dienone is 1. The lowest BCUT2D eigenvalue weighted by atomic mass is 10.5. The molecule has 48 valence electrons. The van der Waals surface area contributed by atoms with Crippen molar-refractivity contribution in [3.63, 3.8) is 0 Å². The summed E-state index contributed by atoms with van der Waals surface area (Å²) in [4.78, 5) is 0. The molecule has 0 heterocycles. The van der Waals surface area contributed by atoms with Crippen molar-refractivity contribution in [2.75, 3.05) is 0 Å². The van der Waals surface area contributed by atoms with Gasteiger partial charge in [0.25, 0.3) is 0 Å². The summed E-state index contributed by atoms with van der Waals surface area (Å²) >= 11 is 0. The van der Waals surface area contributed by atoms with Gasteiger partial charge >= 0.3 is 0 Å². The van der Waals surface area contributed by atoms with Gasteiger partial charge in [-0.3, -0.25) is 0 Å². The van der Waals surface area contributed by atoms with E-state index in [2.05, 4.69) is 13.0 Å². The number of rotatable bonds is 4. The highest BCUT2D eigenvalue weighted by atomic mass is 29.5. The third kappa shape index (κ3) is 6.19. The van der Waals surface area contributed by atoms with Crippen LogP contribution in [0.15, 0.2) is 12.3 Å². The molecule has 0 aliphatic carbocycles. The van der Waals surface area contributed by atoms with Crippen LogP contribution >= 0.6 is 0 Å². The summed E-state index contributed by atoms with van der Waals surface area (Å²) in [7, 11) is 1.85. The van der Waals surface area contributed by atoms with Gasteiger partial charge in [0.15, 0.2) is 9.28 Å². The largest absolute Gasteiger partial charge is 0.559 e. The van der Waals surface area contributed by atoms with Crippen LogP contribution in [0.5, 0.6) is 0 Å². The molecule has 0 bridgehead atoms. The van der Waals surface area contributed by atoms with Crippen molar-refractivity contribution in [1.82, 2.24) is 0 Å². The zero-order valence-electron chi connectivity index (χ0n) is 5.68. The summed E-state index contributed by atoms with van der Waals surface area (Å²) in [6, 6.07) is 0. The Bertz CT molecular complexity index is 64.3. The Kier molecular flexibility index (Phi) is 7.36. The molecule has 0 aromatic carbocycles. The minimum atomic E-state index is 0.0152. The lowest BCUT2D eigenvalue weighted by Crippen LogP contribution is -2.03. The van der Waals surface area contributed by atoms with E-state index in [1.807, 2.05) is 6.26 Å². The standard InChI is InChI=1S/C4H14OSi3/c1-2-3-4-5-7-8-6/h3-4H,2,7-8H2,1,6H3. The van der Waals surface area contributed by atoms with Gasteiger partial charge in [0.05, 0.1) is 6.26 Å². The first kappa shape index (κ1) is 8.19. The van der Waals surface area contributed by atoms with Gasteiger partial charge in [-0.05, 0) is 16.2 Å². The van der Waals surface area contributed by atoms with Gasteiger partial charge in [0, 0.05) is 8.55 Å². The molecule has 8 heavy (non-hydrogen) atoms. The minimum Gasteiger partial charge on any atom is -0.559 e. The maximum Gasteiger partial charge on any atom is 0.194 e. The van der Waals surface area contributed by atoms with Crippen LogP contribution in [-0.4, -0.2) is 27.6 Å². The quantitative estimate of drug-likeness (QED) is 0.274. The first-order chi connectivity index (χ1) is 3.91. The van der Waals surface area contributed by atoms with E-state index in [0.29, 0.717) is 8.55 Å². The summed E-state index contributed by atoms with van der Waals surface area (Å²) in [6.45, 7) is 2.12. The summed E-state index contributed by atoms with van der Waals surface area (Å²) in [5, 5.41) is 0. The lowest BCUT2D eigenvalue weighted by molar-refractivity contribution is 0.526. The number of hydrogen-bond donors (Lipinski definition) is 0. The molecule has 0 aliphatic rings. The molecule has 0 aromatic heterocycles. The van der Waals surface area contributed by atoms with Crippen molar-refractivity contribution in [3.8, 4) is 0 Å². The van der Waals surface area contributed by atoms with Crippen LogP contribution < -0.4 is 0 Å². The fourth-order valence-electron chi connectivity index (χ4n) is 0.350. The van der Waals surface area contributed by atoms with Crippen LogP contribution in [0.1, 0.15) is 13.3 Å². The second-order valence-electron chi connectivity index (χ2n) is 1.65. The van der Waals surface area contributed by atoms with E-state index in [1.165, 1.54) is 9.76 Å². The Balaban J connectivity index is 2.80. The predicted octanol–water partition coefficient (Wildman–Crippen LogP) is -1.63. The summed E-state index contributed by atoms with van der Waals surface area (Å²) in [5.41, 5.74) is 0. The van der Waals surface area contributed by atoms with Gasteiger partial charge in [-0.25, -0.2) is 0 Å². The molecule has 0 saturated carbocycles. The van der Waals surface area contributed by atoms with Gasteiger partial charge < -0.3 is 4.43 Å². The lowest BCUT2D eigenvalue weighted by Gasteiger charge is -1.92. The minimum absolute atomic E-state index is 0.0152. The van der Waals surface area contributed by atoms with Gasteiger partial charge in [-0.15, -0.1) is 0 Å². The van der Waals surface area contributed by atoms with E-state index >= 15 is 0 Å². The zero-order valence-corrected chi connectivity index (χ0v) is 10.5. The normalized spacial score (nSPS) is 13.6. The average molecular weight is 162 g/mol. The van der Waals surface area contributed by atoms with Gasteiger partial charge in [-0.1, -0.05) is 13.0 Å². The second-order valence-corrected chi connectivity index (χ2v) is 16.6. The molecule has 0 amide bonds. The predicted molar refractivity (Wildman–Crippen MR) is 47.5 cm³/mol. The van der Waals surface area contributed by atoms with Gasteiger partial charge in [0.1, 0.15) is 0 Å². The van der Waals surface area contributed by atoms with Crippen LogP contribution in [0, 0.1) is 0 Å². The second kappa shape index (κ2) is 7.19. The van der Waals surface area contributed by atoms with Crippen molar-refractivity contribution < 1.29 is 4.43 Å². The monoisotopic (exact) mass is 162 g/mol. The van der Waals surface area contributed by atoms with Crippen LogP contribution in [0.25, 0.3) is 0 Å². The molecule has 0 saturated heterocycles. The molecule has 4 heteroatoms. The highest BCUT2D eigenvalue weighted by Gasteiger charge is 1.75. The fraction of sp³-hybridized carbons (Fsp3) is 0.500. The van der Waals surface area contributed by atoms with Crippen LogP contribution in [-0.2, 0) is 4.43 Å². The topological polar surface area (TPSA) is 9.23 Å². The maximum atomic E-state index is 5.28. The molecule has 0 aliphatic heterocycles. The highest BCUT2D eigenvalue weighted by Crippen LogP contribution is 1.78. The van der Waals surface area contributed by atoms with Crippen molar-refractivity contribution in [2.45, 2.75) is 13.3 Å². The molecule has 0 atom stereocenters. The smallest absolute Gasteiger partial charge is 0.194 e. The molecule has 0 aromatic rings. The SMILES string of the molecule is CCC=CO[SiH2][SiH2][SiH3]. The first-order valence-corrected chi connectivity index (χ1v) is 13.4. The van der Waals surface area contributed by atoms with E-state index in [1.54, 1.807) is 0 Å². The van der Waals surface area contributed by atoms with Crippen LogP contribution in [0.3, 0.4) is 0 Å². The van der Waals surface area contributed by atoms with Crippen molar-refractivity contribution in [3.05, 3.63) is 12.3 Å². The first-order valence-electron chi connectivity index (χ1n) is 3.18. The van der Waals surface area contributed by atoms with E-state index in [4.69, 9.17) is 4.43 Å². The van der Waals surface area contributed by atoms with Crippen LogP contribution in [0.2, 0.25) is 0 Å². The van der Waals surface area contributed by atoms with E-state index in [0.717, 1.165) is 6.42 Å². The third-order valence-electron chi connectivity index (χ3n) is 0.750. The van der Waals surface area contributed by atoms with E-state index < -0.39 is 0 Å². The van der Waals surface area contributed by atoms with E-state index in [9.17, 15) is 0 Å². The third-order valence-corrected chi connectivity index (χ3v) is 7.19. The molecule has 0 fully saturated rings. The Morgan fingerprint density at radius 3 is 3.00 bits per heavy atom. The zero-order chi connectivity index (χ0) is 6.24. The van der Waals surface area contributed by atoms with Crippen molar-refractivity contribution in [1.29, 1.82) is 0 Å². The Hall–Kier alpha value is 0.191.